The summed E-state index contributed by atoms with van der Waals surface area (Å²) in [5, 5.41) is 0.521. The Bertz CT molecular complexity index is 657. The summed E-state index contributed by atoms with van der Waals surface area (Å²) in [6, 6.07) is 11.6. The van der Waals surface area contributed by atoms with Gasteiger partial charge in [0.25, 0.3) is 11.8 Å². The van der Waals surface area contributed by atoms with E-state index in [2.05, 4.69) is 0 Å². The average Bonchev–Trinajstić information content (AvgIpc) is 2.64. The van der Waals surface area contributed by atoms with Crippen LogP contribution in [0.1, 0.15) is 20.7 Å². The summed E-state index contributed by atoms with van der Waals surface area (Å²) >= 11 is 11.8. The van der Waals surface area contributed by atoms with Crippen LogP contribution >= 0.6 is 23.2 Å². The number of amides is 2. The molecule has 0 unspecified atom stereocenters. The van der Waals surface area contributed by atoms with Gasteiger partial charge in [-0.3, -0.25) is 9.59 Å². The number of fused-ring (bicyclic) bond motifs is 1. The Morgan fingerprint density at radius 2 is 1.26 bits per heavy atom. The van der Waals surface area contributed by atoms with Crippen molar-refractivity contribution < 1.29 is 9.59 Å². The lowest BCUT2D eigenvalue weighted by Gasteiger charge is -2.13. The molecule has 94 valence electrons. The second-order valence-corrected chi connectivity index (χ2v) is 4.91. The lowest BCUT2D eigenvalue weighted by molar-refractivity contribution is 0.0926. The van der Waals surface area contributed by atoms with Gasteiger partial charge >= 0.3 is 0 Å². The van der Waals surface area contributed by atoms with Gasteiger partial charge in [-0.25, -0.2) is 4.90 Å². The van der Waals surface area contributed by atoms with E-state index in [-0.39, 0.29) is 33.0 Å². The molecule has 0 bridgehead atoms. The van der Waals surface area contributed by atoms with Gasteiger partial charge in [0.15, 0.2) is 0 Å². The summed E-state index contributed by atoms with van der Waals surface area (Å²) in [4.78, 5) is 25.7. The number of benzene rings is 2. The van der Waals surface area contributed by atoms with E-state index >= 15 is 0 Å². The number of nitrogens with zero attached hydrogens (tertiary/aromatic N) is 1. The lowest BCUT2D eigenvalue weighted by Crippen LogP contribution is -2.29. The molecule has 1 heterocycles. The van der Waals surface area contributed by atoms with E-state index in [1.165, 1.54) is 12.1 Å². The fraction of sp³-hybridized carbons (Fsp3) is 0. The third kappa shape index (κ3) is 1.82. The Balaban J connectivity index is 2.15. The smallest absolute Gasteiger partial charge is 0.266 e. The molecule has 0 radical (unpaired) electrons. The van der Waals surface area contributed by atoms with Crippen LogP contribution in [-0.2, 0) is 0 Å². The molecule has 2 aromatic rings. The van der Waals surface area contributed by atoms with Crippen molar-refractivity contribution in [3.8, 4) is 0 Å². The van der Waals surface area contributed by atoms with Crippen molar-refractivity contribution in [3.63, 3.8) is 0 Å². The van der Waals surface area contributed by atoms with E-state index in [9.17, 15) is 9.59 Å². The maximum Gasteiger partial charge on any atom is 0.266 e. The molecule has 0 aliphatic carbocycles. The second-order valence-electron chi connectivity index (χ2n) is 4.09. The maximum absolute atomic E-state index is 12.3. The fourth-order valence-corrected chi connectivity index (χ4v) is 2.37. The van der Waals surface area contributed by atoms with Crippen LogP contribution in [0.15, 0.2) is 42.5 Å². The van der Waals surface area contributed by atoms with Crippen molar-refractivity contribution in [3.05, 3.63) is 63.6 Å². The normalized spacial score (nSPS) is 13.9. The molecule has 3 nitrogen and oxygen atoms in total. The Kier molecular flexibility index (Phi) is 2.81. The van der Waals surface area contributed by atoms with Crippen molar-refractivity contribution in [1.82, 2.24) is 0 Å². The first-order valence-electron chi connectivity index (χ1n) is 5.52. The fourth-order valence-electron chi connectivity index (χ4n) is 2.05. The quantitative estimate of drug-likeness (QED) is 0.750. The van der Waals surface area contributed by atoms with Crippen molar-refractivity contribution in [2.45, 2.75) is 0 Å². The third-order valence-corrected chi connectivity index (χ3v) is 3.66. The van der Waals surface area contributed by atoms with E-state index in [4.69, 9.17) is 23.2 Å². The zero-order chi connectivity index (χ0) is 13.6. The highest BCUT2D eigenvalue weighted by molar-refractivity contribution is 6.44. The molecule has 19 heavy (non-hydrogen) atoms. The number of anilines is 1. The van der Waals surface area contributed by atoms with Crippen LogP contribution in [0.4, 0.5) is 5.69 Å². The number of para-hydroxylation sites is 1. The highest BCUT2D eigenvalue weighted by Gasteiger charge is 2.37. The molecule has 0 saturated heterocycles. The van der Waals surface area contributed by atoms with Crippen molar-refractivity contribution in [1.29, 1.82) is 0 Å². The Morgan fingerprint density at radius 1 is 0.789 bits per heavy atom. The number of halogens is 2. The van der Waals surface area contributed by atoms with Crippen LogP contribution in [0.3, 0.4) is 0 Å². The summed E-state index contributed by atoms with van der Waals surface area (Å²) in [6.07, 6.45) is 0. The minimum atomic E-state index is -0.384. The van der Waals surface area contributed by atoms with Gasteiger partial charge in [0.2, 0.25) is 0 Å². The summed E-state index contributed by atoms with van der Waals surface area (Å²) in [7, 11) is 0. The summed E-state index contributed by atoms with van der Waals surface area (Å²) in [6.45, 7) is 0. The molecule has 0 atom stereocenters. The second kappa shape index (κ2) is 4.37. The van der Waals surface area contributed by atoms with E-state index in [0.717, 1.165) is 4.90 Å². The van der Waals surface area contributed by atoms with Crippen LogP contribution in [0.5, 0.6) is 0 Å². The largest absolute Gasteiger partial charge is 0.268 e. The predicted molar refractivity (Wildman–Crippen MR) is 74.0 cm³/mol. The van der Waals surface area contributed by atoms with Gasteiger partial charge in [-0.05, 0) is 24.3 Å². The minimum Gasteiger partial charge on any atom is -0.268 e. The molecular weight excluding hydrogens is 285 g/mol. The number of carbonyl (C=O) groups excluding carboxylic acids is 2. The number of rotatable bonds is 1. The molecule has 2 amide bonds. The van der Waals surface area contributed by atoms with E-state index < -0.39 is 0 Å². The van der Waals surface area contributed by atoms with Gasteiger partial charge in [-0.2, -0.15) is 0 Å². The SMILES string of the molecule is O=C1c2cc(Cl)c(Cl)cc2C(=O)N1c1ccccc1. The highest BCUT2D eigenvalue weighted by Crippen LogP contribution is 2.33. The van der Waals surface area contributed by atoms with E-state index in [0.29, 0.717) is 5.69 Å². The van der Waals surface area contributed by atoms with Crippen molar-refractivity contribution in [2.24, 2.45) is 0 Å². The number of hydrogen-bond donors (Lipinski definition) is 0. The molecule has 2 aromatic carbocycles. The lowest BCUT2D eigenvalue weighted by atomic mass is 10.1. The molecule has 5 heteroatoms. The van der Waals surface area contributed by atoms with Gasteiger partial charge in [-0.15, -0.1) is 0 Å². The van der Waals surface area contributed by atoms with Gasteiger partial charge < -0.3 is 0 Å². The van der Waals surface area contributed by atoms with Crippen LogP contribution < -0.4 is 4.90 Å². The van der Waals surface area contributed by atoms with Crippen LogP contribution in [0, 0.1) is 0 Å². The average molecular weight is 292 g/mol. The molecular formula is C14H7Cl2NO2. The Labute approximate surface area is 119 Å². The topological polar surface area (TPSA) is 37.4 Å². The van der Waals surface area contributed by atoms with Gasteiger partial charge in [0.05, 0.1) is 26.9 Å². The van der Waals surface area contributed by atoms with Crippen LogP contribution in [0.25, 0.3) is 0 Å². The summed E-state index contributed by atoms with van der Waals surface area (Å²) in [5.74, 6) is -0.769. The predicted octanol–water partition coefficient (Wildman–Crippen LogP) is 3.79. The first-order valence-corrected chi connectivity index (χ1v) is 6.28. The number of hydrogen-bond acceptors (Lipinski definition) is 2. The molecule has 1 aliphatic heterocycles. The van der Waals surface area contributed by atoms with E-state index in [1.54, 1.807) is 24.3 Å². The van der Waals surface area contributed by atoms with Crippen LogP contribution in [-0.4, -0.2) is 11.8 Å². The molecule has 1 aliphatic rings. The van der Waals surface area contributed by atoms with Crippen molar-refractivity contribution in [2.75, 3.05) is 4.90 Å². The molecule has 0 aromatic heterocycles. The standard InChI is InChI=1S/C14H7Cl2NO2/c15-11-6-9-10(7-12(11)16)14(19)17(13(9)18)8-4-2-1-3-5-8/h1-7H. The minimum absolute atomic E-state index is 0.261. The van der Waals surface area contributed by atoms with Gasteiger partial charge in [-0.1, -0.05) is 41.4 Å². The molecule has 0 N–H and O–H groups in total. The maximum atomic E-state index is 12.3. The summed E-state index contributed by atoms with van der Waals surface area (Å²) in [5.41, 5.74) is 1.09. The van der Waals surface area contributed by atoms with Gasteiger partial charge in [0, 0.05) is 0 Å². The Hall–Kier alpha value is -1.84. The first-order chi connectivity index (χ1) is 9.09. The monoisotopic (exact) mass is 291 g/mol. The number of imide groups is 1. The number of carbonyl (C=O) groups is 2. The highest BCUT2D eigenvalue weighted by atomic mass is 35.5. The summed E-state index contributed by atoms with van der Waals surface area (Å²) < 4.78 is 0. The molecule has 0 spiro atoms. The first kappa shape index (κ1) is 12.2. The molecule has 0 saturated carbocycles. The molecule has 3 rings (SSSR count). The van der Waals surface area contributed by atoms with Crippen molar-refractivity contribution >= 4 is 40.7 Å². The third-order valence-electron chi connectivity index (χ3n) is 2.94. The zero-order valence-electron chi connectivity index (χ0n) is 9.56. The van der Waals surface area contributed by atoms with E-state index in [1.807, 2.05) is 6.07 Å². The Morgan fingerprint density at radius 3 is 1.74 bits per heavy atom. The van der Waals surface area contributed by atoms with Gasteiger partial charge in [0.1, 0.15) is 0 Å². The molecule has 0 fully saturated rings. The zero-order valence-corrected chi connectivity index (χ0v) is 11.1. The van der Waals surface area contributed by atoms with Crippen LogP contribution in [0.2, 0.25) is 10.0 Å².